The molecule has 3 atom stereocenters. The van der Waals surface area contributed by atoms with Gasteiger partial charge in [0, 0.05) is 31.2 Å². The number of benzene rings is 1. The van der Waals surface area contributed by atoms with E-state index in [-0.39, 0.29) is 40.9 Å². The fraction of sp³-hybridized carbons (Fsp3) is 0.647. The highest BCUT2D eigenvalue weighted by Crippen LogP contribution is 2.37. The molecule has 1 aromatic rings. The number of aliphatic hydroxyl groups is 1. The van der Waals surface area contributed by atoms with E-state index in [1.807, 2.05) is 0 Å². The van der Waals surface area contributed by atoms with Crippen molar-refractivity contribution in [3.05, 3.63) is 34.6 Å². The maximum Gasteiger partial charge on any atom is 0.145 e. The lowest BCUT2D eigenvalue weighted by Crippen LogP contribution is -2.43. The van der Waals surface area contributed by atoms with Gasteiger partial charge < -0.3 is 16.2 Å². The molecule has 1 saturated heterocycles. The van der Waals surface area contributed by atoms with Crippen molar-refractivity contribution in [3.63, 3.8) is 0 Å². The Hall–Kier alpha value is -0.680. The largest absolute Gasteiger partial charge is 0.396 e. The molecule has 22 heavy (non-hydrogen) atoms. The second kappa shape index (κ2) is 7.26. The number of rotatable bonds is 6. The molecule has 0 bridgehead atoms. The minimum Gasteiger partial charge on any atom is -0.396 e. The summed E-state index contributed by atoms with van der Waals surface area (Å²) in [5.41, 5.74) is 6.86. The number of hydrogen-bond acceptors (Lipinski definition) is 3. The van der Waals surface area contributed by atoms with E-state index in [2.05, 4.69) is 19.2 Å². The van der Waals surface area contributed by atoms with Crippen LogP contribution < -0.4 is 11.1 Å². The van der Waals surface area contributed by atoms with Gasteiger partial charge in [0.25, 0.3) is 0 Å². The first-order valence-electron chi connectivity index (χ1n) is 8.01. The standard InChI is InChI=1S/C17H26ClFN2O/c1-3-17(4-2,10-22)8-14-16(20)12(9-21-14)11-6-5-7-13(18)15(11)19/h5-7,12,14,16,21-22H,3-4,8-10,20H2,1-2H3. The third kappa shape index (κ3) is 3.30. The van der Waals surface area contributed by atoms with Crippen LogP contribution in [0.1, 0.15) is 44.6 Å². The molecular formula is C17H26ClFN2O. The summed E-state index contributed by atoms with van der Waals surface area (Å²) in [4.78, 5) is 0. The Morgan fingerprint density at radius 3 is 2.68 bits per heavy atom. The van der Waals surface area contributed by atoms with Crippen LogP contribution in [0.25, 0.3) is 0 Å². The van der Waals surface area contributed by atoms with Crippen LogP contribution >= 0.6 is 11.6 Å². The van der Waals surface area contributed by atoms with Crippen molar-refractivity contribution in [2.75, 3.05) is 13.2 Å². The SMILES string of the molecule is CCC(CC)(CO)CC1NCC(c2cccc(Cl)c2F)C1N. The van der Waals surface area contributed by atoms with Gasteiger partial charge in [0.2, 0.25) is 0 Å². The summed E-state index contributed by atoms with van der Waals surface area (Å²) in [6, 6.07) is 4.97. The molecule has 1 fully saturated rings. The van der Waals surface area contributed by atoms with Gasteiger partial charge in [-0.15, -0.1) is 0 Å². The molecule has 3 nitrogen and oxygen atoms in total. The van der Waals surface area contributed by atoms with Gasteiger partial charge >= 0.3 is 0 Å². The van der Waals surface area contributed by atoms with Crippen LogP contribution in [0.15, 0.2) is 18.2 Å². The average molecular weight is 329 g/mol. The molecule has 0 saturated carbocycles. The number of halogens is 2. The highest BCUT2D eigenvalue weighted by atomic mass is 35.5. The van der Waals surface area contributed by atoms with E-state index >= 15 is 0 Å². The van der Waals surface area contributed by atoms with Crippen LogP contribution in [0, 0.1) is 11.2 Å². The predicted molar refractivity (Wildman–Crippen MR) is 88.6 cm³/mol. The second-order valence-corrected chi connectivity index (χ2v) is 6.82. The van der Waals surface area contributed by atoms with Gasteiger partial charge in [-0.1, -0.05) is 37.6 Å². The third-order valence-corrected chi connectivity index (χ3v) is 5.69. The molecule has 1 aromatic carbocycles. The van der Waals surface area contributed by atoms with E-state index in [9.17, 15) is 9.50 Å². The Morgan fingerprint density at radius 2 is 2.09 bits per heavy atom. The molecule has 5 heteroatoms. The van der Waals surface area contributed by atoms with Gasteiger partial charge in [0.15, 0.2) is 0 Å². The van der Waals surface area contributed by atoms with Crippen molar-refractivity contribution in [1.29, 1.82) is 0 Å². The van der Waals surface area contributed by atoms with Gasteiger partial charge in [-0.05, 0) is 36.3 Å². The molecule has 0 amide bonds. The van der Waals surface area contributed by atoms with E-state index in [4.69, 9.17) is 17.3 Å². The minimum atomic E-state index is -0.369. The molecule has 124 valence electrons. The van der Waals surface area contributed by atoms with Crippen LogP contribution in [0.5, 0.6) is 0 Å². The monoisotopic (exact) mass is 328 g/mol. The average Bonchev–Trinajstić information content (AvgIpc) is 2.88. The predicted octanol–water partition coefficient (Wildman–Crippen LogP) is 3.05. The first kappa shape index (κ1) is 17.7. The van der Waals surface area contributed by atoms with Crippen molar-refractivity contribution in [3.8, 4) is 0 Å². The van der Waals surface area contributed by atoms with Crippen molar-refractivity contribution < 1.29 is 9.50 Å². The van der Waals surface area contributed by atoms with E-state index in [1.54, 1.807) is 18.2 Å². The van der Waals surface area contributed by atoms with Crippen molar-refractivity contribution >= 4 is 11.6 Å². The van der Waals surface area contributed by atoms with Gasteiger partial charge in [0.05, 0.1) is 5.02 Å². The molecule has 4 N–H and O–H groups in total. The summed E-state index contributed by atoms with van der Waals surface area (Å²) in [5, 5.41) is 13.3. The zero-order valence-corrected chi connectivity index (χ0v) is 14.0. The van der Waals surface area contributed by atoms with Gasteiger partial charge in [0.1, 0.15) is 5.82 Å². The van der Waals surface area contributed by atoms with E-state index in [0.717, 1.165) is 19.3 Å². The molecule has 3 unspecified atom stereocenters. The molecule has 1 aliphatic heterocycles. The third-order valence-electron chi connectivity index (χ3n) is 5.40. The first-order valence-corrected chi connectivity index (χ1v) is 8.39. The van der Waals surface area contributed by atoms with Crippen LogP contribution in [-0.4, -0.2) is 30.3 Å². The number of nitrogens with two attached hydrogens (primary N) is 1. The maximum atomic E-state index is 14.2. The summed E-state index contributed by atoms with van der Waals surface area (Å²) in [6.07, 6.45) is 2.61. The quantitative estimate of drug-likeness (QED) is 0.752. The smallest absolute Gasteiger partial charge is 0.145 e. The van der Waals surface area contributed by atoms with Crippen LogP contribution in [0.3, 0.4) is 0 Å². The van der Waals surface area contributed by atoms with Crippen LogP contribution in [0.2, 0.25) is 5.02 Å². The molecule has 0 spiro atoms. The maximum absolute atomic E-state index is 14.2. The lowest BCUT2D eigenvalue weighted by atomic mass is 9.75. The minimum absolute atomic E-state index is 0.0791. The number of nitrogens with one attached hydrogen (secondary N) is 1. The Labute approximate surface area is 137 Å². The molecule has 2 rings (SSSR count). The van der Waals surface area contributed by atoms with Gasteiger partial charge in [-0.3, -0.25) is 0 Å². The first-order chi connectivity index (χ1) is 10.5. The van der Waals surface area contributed by atoms with Crippen molar-refractivity contribution in [1.82, 2.24) is 5.32 Å². The van der Waals surface area contributed by atoms with E-state index in [1.165, 1.54) is 0 Å². The summed E-state index contributed by atoms with van der Waals surface area (Å²) >= 11 is 5.88. The van der Waals surface area contributed by atoms with Gasteiger partial charge in [-0.2, -0.15) is 0 Å². The molecule has 0 aromatic heterocycles. The Morgan fingerprint density at radius 1 is 1.41 bits per heavy atom. The van der Waals surface area contributed by atoms with Crippen molar-refractivity contribution in [2.24, 2.45) is 11.1 Å². The Kier molecular flexibility index (Phi) is 5.83. The fourth-order valence-corrected chi connectivity index (χ4v) is 3.64. The normalized spacial score (nSPS) is 25.6. The summed E-state index contributed by atoms with van der Waals surface area (Å²) in [5.74, 6) is -0.458. The number of hydrogen-bond donors (Lipinski definition) is 3. The lowest BCUT2D eigenvalue weighted by molar-refractivity contribution is 0.0929. The lowest BCUT2D eigenvalue weighted by Gasteiger charge is -2.34. The van der Waals surface area contributed by atoms with Crippen molar-refractivity contribution in [2.45, 2.75) is 51.1 Å². The van der Waals surface area contributed by atoms with Crippen LogP contribution in [-0.2, 0) is 0 Å². The molecule has 0 radical (unpaired) electrons. The zero-order valence-electron chi connectivity index (χ0n) is 13.3. The molecule has 1 heterocycles. The highest BCUT2D eigenvalue weighted by molar-refractivity contribution is 6.30. The molecule has 1 aliphatic rings. The zero-order chi connectivity index (χ0) is 16.3. The summed E-state index contributed by atoms with van der Waals surface area (Å²) in [7, 11) is 0. The van der Waals surface area contributed by atoms with Crippen LogP contribution in [0.4, 0.5) is 4.39 Å². The molecule has 0 aliphatic carbocycles. The Balaban J connectivity index is 2.16. The topological polar surface area (TPSA) is 58.3 Å². The van der Waals surface area contributed by atoms with E-state index in [0.29, 0.717) is 12.1 Å². The summed E-state index contributed by atoms with van der Waals surface area (Å²) in [6.45, 7) is 4.97. The summed E-state index contributed by atoms with van der Waals surface area (Å²) < 4.78 is 14.2. The molecular weight excluding hydrogens is 303 g/mol. The van der Waals surface area contributed by atoms with Gasteiger partial charge in [-0.25, -0.2) is 4.39 Å². The number of aliphatic hydroxyl groups excluding tert-OH is 1. The highest BCUT2D eigenvalue weighted by Gasteiger charge is 2.40. The second-order valence-electron chi connectivity index (χ2n) is 6.41. The Bertz CT molecular complexity index is 499. The van der Waals surface area contributed by atoms with E-state index < -0.39 is 0 Å². The fourth-order valence-electron chi connectivity index (χ4n) is 3.46.